The number of amides is 2. The van der Waals surface area contributed by atoms with Gasteiger partial charge in [-0.3, -0.25) is 4.90 Å². The van der Waals surface area contributed by atoms with Crippen molar-refractivity contribution in [2.24, 2.45) is 5.73 Å². The van der Waals surface area contributed by atoms with Crippen molar-refractivity contribution in [3.05, 3.63) is 59.9 Å². The quantitative estimate of drug-likeness (QED) is 0.642. The fourth-order valence-corrected chi connectivity index (χ4v) is 4.98. The number of hydrogen-bond acceptors (Lipinski definition) is 2. The van der Waals surface area contributed by atoms with Crippen LogP contribution in [0.15, 0.2) is 48.8 Å². The smallest absolute Gasteiger partial charge is 0.319 e. The van der Waals surface area contributed by atoms with Crippen molar-refractivity contribution in [2.75, 3.05) is 11.4 Å². The average molecular weight is 391 g/mol. The SMILES string of the molecule is CCc1cccc(CC)c1N(CC1(n2ccc3cccnc32)CCCC1)C(N)=O. The number of carbonyl (C=O) groups excluding carboxylic acids is 1. The third-order valence-corrected chi connectivity index (χ3v) is 6.45. The molecule has 0 spiro atoms. The molecule has 2 amide bonds. The van der Waals surface area contributed by atoms with Crippen molar-refractivity contribution in [3.63, 3.8) is 0 Å². The molecule has 29 heavy (non-hydrogen) atoms. The van der Waals surface area contributed by atoms with Crippen LogP contribution in [0.3, 0.4) is 0 Å². The van der Waals surface area contributed by atoms with Crippen molar-refractivity contribution < 1.29 is 4.79 Å². The molecule has 0 aliphatic heterocycles. The van der Waals surface area contributed by atoms with E-state index < -0.39 is 0 Å². The molecule has 0 radical (unpaired) electrons. The Morgan fingerprint density at radius 3 is 2.41 bits per heavy atom. The third kappa shape index (κ3) is 3.39. The highest BCUT2D eigenvalue weighted by molar-refractivity contribution is 5.93. The zero-order valence-electron chi connectivity index (χ0n) is 17.4. The second-order valence-corrected chi connectivity index (χ2v) is 8.09. The first-order chi connectivity index (χ1) is 14.1. The van der Waals surface area contributed by atoms with Gasteiger partial charge in [0.05, 0.1) is 17.8 Å². The molecule has 2 aromatic heterocycles. The second-order valence-electron chi connectivity index (χ2n) is 8.09. The lowest BCUT2D eigenvalue weighted by Crippen LogP contribution is -2.48. The highest BCUT2D eigenvalue weighted by atomic mass is 16.2. The van der Waals surface area contributed by atoms with Crippen LogP contribution in [-0.4, -0.2) is 22.1 Å². The summed E-state index contributed by atoms with van der Waals surface area (Å²) in [7, 11) is 0. The molecule has 5 nitrogen and oxygen atoms in total. The van der Waals surface area contributed by atoms with Crippen LogP contribution in [0.1, 0.15) is 50.7 Å². The van der Waals surface area contributed by atoms with Crippen LogP contribution in [0.2, 0.25) is 0 Å². The first-order valence-electron chi connectivity index (χ1n) is 10.7. The Labute approximate surface area is 172 Å². The maximum absolute atomic E-state index is 12.7. The highest BCUT2D eigenvalue weighted by Gasteiger charge is 2.40. The maximum atomic E-state index is 12.7. The number of rotatable bonds is 6. The van der Waals surface area contributed by atoms with Crippen LogP contribution in [0.4, 0.5) is 10.5 Å². The zero-order valence-corrected chi connectivity index (χ0v) is 17.4. The van der Waals surface area contributed by atoms with E-state index in [4.69, 9.17) is 5.73 Å². The van der Waals surface area contributed by atoms with E-state index in [1.54, 1.807) is 0 Å². The summed E-state index contributed by atoms with van der Waals surface area (Å²) >= 11 is 0. The van der Waals surface area contributed by atoms with Gasteiger partial charge in [0.25, 0.3) is 0 Å². The number of carbonyl (C=O) groups is 1. The molecule has 5 heteroatoms. The van der Waals surface area contributed by atoms with E-state index in [0.29, 0.717) is 6.54 Å². The van der Waals surface area contributed by atoms with Crippen LogP contribution >= 0.6 is 0 Å². The minimum atomic E-state index is -0.378. The summed E-state index contributed by atoms with van der Waals surface area (Å²) in [6, 6.07) is 12.1. The Hall–Kier alpha value is -2.82. The Morgan fingerprint density at radius 1 is 1.10 bits per heavy atom. The molecule has 152 valence electrons. The first-order valence-corrected chi connectivity index (χ1v) is 10.7. The molecule has 1 saturated carbocycles. The van der Waals surface area contributed by atoms with Crippen molar-refractivity contribution in [1.82, 2.24) is 9.55 Å². The average Bonchev–Trinajstić information content (AvgIpc) is 3.39. The summed E-state index contributed by atoms with van der Waals surface area (Å²) in [6.07, 6.45) is 10.1. The normalized spacial score (nSPS) is 15.7. The minimum absolute atomic E-state index is 0.184. The molecule has 0 atom stereocenters. The number of hydrogen-bond donors (Lipinski definition) is 1. The summed E-state index contributed by atoms with van der Waals surface area (Å²) < 4.78 is 2.30. The molecular weight excluding hydrogens is 360 g/mol. The van der Waals surface area contributed by atoms with Gasteiger partial charge in [-0.1, -0.05) is 44.9 Å². The molecule has 2 N–H and O–H groups in total. The van der Waals surface area contributed by atoms with Gasteiger partial charge in [0.2, 0.25) is 0 Å². The van der Waals surface area contributed by atoms with Crippen molar-refractivity contribution in [2.45, 2.75) is 57.9 Å². The molecule has 2 heterocycles. The van der Waals surface area contributed by atoms with Gasteiger partial charge in [-0.25, -0.2) is 9.78 Å². The number of primary amides is 1. The summed E-state index contributed by atoms with van der Waals surface area (Å²) in [4.78, 5) is 19.2. The first kappa shape index (κ1) is 19.5. The van der Waals surface area contributed by atoms with E-state index in [2.05, 4.69) is 59.9 Å². The molecule has 1 aliphatic carbocycles. The van der Waals surface area contributed by atoms with Crippen LogP contribution in [0.25, 0.3) is 11.0 Å². The lowest BCUT2D eigenvalue weighted by molar-refractivity contribution is 0.245. The highest BCUT2D eigenvalue weighted by Crippen LogP contribution is 2.41. The zero-order chi connectivity index (χ0) is 20.4. The van der Waals surface area contributed by atoms with E-state index in [1.807, 2.05) is 17.2 Å². The number of para-hydroxylation sites is 1. The van der Waals surface area contributed by atoms with Gasteiger partial charge >= 0.3 is 6.03 Å². The number of nitrogens with two attached hydrogens (primary N) is 1. The van der Waals surface area contributed by atoms with Crippen molar-refractivity contribution >= 4 is 22.8 Å². The van der Waals surface area contributed by atoms with Gasteiger partial charge in [0.15, 0.2) is 0 Å². The second kappa shape index (κ2) is 7.90. The number of benzene rings is 1. The van der Waals surface area contributed by atoms with E-state index in [-0.39, 0.29) is 11.6 Å². The lowest BCUT2D eigenvalue weighted by Gasteiger charge is -2.38. The summed E-state index contributed by atoms with van der Waals surface area (Å²) in [5.41, 5.74) is 10.1. The van der Waals surface area contributed by atoms with E-state index in [1.165, 1.54) is 11.1 Å². The van der Waals surface area contributed by atoms with Crippen LogP contribution in [-0.2, 0) is 18.4 Å². The van der Waals surface area contributed by atoms with Crippen molar-refractivity contribution in [1.29, 1.82) is 0 Å². The summed E-state index contributed by atoms with van der Waals surface area (Å²) in [5, 5.41) is 1.13. The molecule has 1 aliphatic rings. The number of aryl methyl sites for hydroxylation is 2. The van der Waals surface area contributed by atoms with Gasteiger partial charge in [0.1, 0.15) is 5.65 Å². The van der Waals surface area contributed by atoms with E-state index in [0.717, 1.165) is 55.2 Å². The van der Waals surface area contributed by atoms with Gasteiger partial charge in [-0.15, -0.1) is 0 Å². The fourth-order valence-electron chi connectivity index (χ4n) is 4.98. The Kier molecular flexibility index (Phi) is 5.31. The molecule has 3 aromatic rings. The Balaban J connectivity index is 1.83. The monoisotopic (exact) mass is 390 g/mol. The fraction of sp³-hybridized carbons (Fsp3) is 0.417. The number of fused-ring (bicyclic) bond motifs is 1. The lowest BCUT2D eigenvalue weighted by atomic mass is 9.94. The Morgan fingerprint density at radius 2 is 1.79 bits per heavy atom. The summed E-state index contributed by atoms with van der Waals surface area (Å²) in [6.45, 7) is 4.84. The van der Waals surface area contributed by atoms with Gasteiger partial charge < -0.3 is 10.3 Å². The van der Waals surface area contributed by atoms with E-state index in [9.17, 15) is 4.79 Å². The Bertz CT molecular complexity index is 994. The molecule has 1 aromatic carbocycles. The molecule has 1 fully saturated rings. The molecular formula is C24H30N4O. The van der Waals surface area contributed by atoms with Gasteiger partial charge in [0, 0.05) is 17.8 Å². The third-order valence-electron chi connectivity index (χ3n) is 6.45. The standard InChI is InChI=1S/C24H30N4O/c1-3-18-9-7-10-19(4-2)21(18)27(23(25)29)17-24(13-5-6-14-24)28-16-12-20-11-8-15-26-22(20)28/h7-12,15-16H,3-6,13-14,17H2,1-2H3,(H2,25,29). The summed E-state index contributed by atoms with van der Waals surface area (Å²) in [5.74, 6) is 0. The molecule has 0 bridgehead atoms. The maximum Gasteiger partial charge on any atom is 0.319 e. The number of nitrogens with zero attached hydrogens (tertiary/aromatic N) is 3. The topological polar surface area (TPSA) is 64.2 Å². The van der Waals surface area contributed by atoms with Crippen LogP contribution in [0, 0.1) is 0 Å². The van der Waals surface area contributed by atoms with E-state index >= 15 is 0 Å². The van der Waals surface area contributed by atoms with Gasteiger partial charge in [-0.05, 0) is 55.0 Å². The molecule has 0 saturated heterocycles. The predicted octanol–water partition coefficient (Wildman–Crippen LogP) is 5.02. The number of pyridine rings is 1. The molecule has 4 rings (SSSR count). The van der Waals surface area contributed by atoms with Crippen LogP contribution in [0.5, 0.6) is 0 Å². The predicted molar refractivity (Wildman–Crippen MR) is 118 cm³/mol. The van der Waals surface area contributed by atoms with Crippen LogP contribution < -0.4 is 10.6 Å². The van der Waals surface area contributed by atoms with Crippen molar-refractivity contribution in [3.8, 4) is 0 Å². The number of urea groups is 1. The molecule has 0 unspecified atom stereocenters. The number of anilines is 1. The largest absolute Gasteiger partial charge is 0.351 e. The number of aromatic nitrogens is 2. The van der Waals surface area contributed by atoms with Gasteiger partial charge in [-0.2, -0.15) is 0 Å². The minimum Gasteiger partial charge on any atom is -0.351 e.